The molecule has 5 atom stereocenters. The maximum absolute atomic E-state index is 5.42. The van der Waals surface area contributed by atoms with Crippen molar-refractivity contribution in [3.05, 3.63) is 157 Å². The molecule has 234 valence electrons. The first kappa shape index (κ1) is 27.5. The minimum Gasteiger partial charge on any atom is -0.325 e. The Bertz CT molecular complexity index is 2250. The normalized spacial score (nSPS) is 26.4. The van der Waals surface area contributed by atoms with Gasteiger partial charge in [0.05, 0.1) is 11.0 Å². The Balaban J connectivity index is 1.25. The fourth-order valence-electron chi connectivity index (χ4n) is 9.48. The molecule has 0 amide bonds. The molecule has 48 heavy (non-hydrogen) atoms. The van der Waals surface area contributed by atoms with Crippen LogP contribution in [0.3, 0.4) is 0 Å². The number of aromatic nitrogens is 2. The number of nitrogens with zero attached hydrogens (tertiary/aromatic N) is 6. The highest BCUT2D eigenvalue weighted by atomic mass is 15.5. The highest BCUT2D eigenvalue weighted by Crippen LogP contribution is 2.79. The smallest absolute Gasteiger partial charge is 0.179 e. The molecule has 0 saturated heterocycles. The van der Waals surface area contributed by atoms with Crippen molar-refractivity contribution >= 4 is 45.4 Å². The molecule has 1 saturated carbocycles. The highest BCUT2D eigenvalue weighted by Gasteiger charge is 2.82. The van der Waals surface area contributed by atoms with Crippen LogP contribution in [0.2, 0.25) is 0 Å². The van der Waals surface area contributed by atoms with E-state index in [1.807, 2.05) is 0 Å². The van der Waals surface area contributed by atoms with Crippen molar-refractivity contribution in [3.63, 3.8) is 0 Å². The van der Waals surface area contributed by atoms with Crippen molar-refractivity contribution in [2.45, 2.75) is 38.5 Å². The highest BCUT2D eigenvalue weighted by molar-refractivity contribution is 5.91. The van der Waals surface area contributed by atoms with E-state index in [0.717, 1.165) is 34.0 Å². The summed E-state index contributed by atoms with van der Waals surface area (Å²) < 4.78 is 0. The minimum absolute atomic E-state index is 0.0878. The average molecular weight is 625 g/mol. The topological polar surface area (TPSA) is 38.7 Å². The quantitative estimate of drug-likeness (QED) is 0.195. The summed E-state index contributed by atoms with van der Waals surface area (Å²) in [5.41, 5.74) is 8.86. The van der Waals surface area contributed by atoms with Gasteiger partial charge in [-0.15, -0.1) is 0 Å². The Morgan fingerprint density at radius 2 is 1.08 bits per heavy atom. The van der Waals surface area contributed by atoms with Gasteiger partial charge in [-0.2, -0.15) is 0 Å². The molecule has 5 unspecified atom stereocenters. The van der Waals surface area contributed by atoms with Gasteiger partial charge in [0.15, 0.2) is 11.6 Å². The summed E-state index contributed by atoms with van der Waals surface area (Å²) in [4.78, 5) is 20.8. The van der Waals surface area contributed by atoms with Crippen LogP contribution in [-0.2, 0) is 5.41 Å². The summed E-state index contributed by atoms with van der Waals surface area (Å²) in [5, 5.41) is 0. The number of benzene rings is 5. The molecule has 1 aromatic heterocycles. The number of anilines is 6. The Morgan fingerprint density at radius 3 is 1.77 bits per heavy atom. The van der Waals surface area contributed by atoms with E-state index in [-0.39, 0.29) is 29.1 Å². The number of para-hydroxylation sites is 6. The molecule has 4 aliphatic rings. The third-order valence-electron chi connectivity index (χ3n) is 11.8. The Kier molecular flexibility index (Phi) is 5.56. The van der Waals surface area contributed by atoms with Gasteiger partial charge in [0, 0.05) is 51.9 Å². The molecule has 0 radical (unpaired) electrons. The Morgan fingerprint density at radius 1 is 0.542 bits per heavy atom. The van der Waals surface area contributed by atoms with Crippen LogP contribution in [0.5, 0.6) is 0 Å². The van der Waals surface area contributed by atoms with Gasteiger partial charge in [-0.1, -0.05) is 98.8 Å². The zero-order valence-corrected chi connectivity index (χ0v) is 27.3. The van der Waals surface area contributed by atoms with Gasteiger partial charge in [0.25, 0.3) is 0 Å². The van der Waals surface area contributed by atoms with Crippen molar-refractivity contribution in [2.24, 2.45) is 11.3 Å². The largest absolute Gasteiger partial charge is 0.325 e. The maximum Gasteiger partial charge on any atom is 0.179 e. The first-order valence-corrected chi connectivity index (χ1v) is 16.9. The summed E-state index contributed by atoms with van der Waals surface area (Å²) in [6, 6.07) is 47.7. The third-order valence-corrected chi connectivity index (χ3v) is 11.8. The molecule has 0 bridgehead atoms. The molecular formula is C42H36N6. The number of hydrogen-bond donors (Lipinski definition) is 0. The molecule has 1 aliphatic carbocycles. The van der Waals surface area contributed by atoms with Crippen LogP contribution in [0.25, 0.3) is 11.0 Å². The van der Waals surface area contributed by atoms with Crippen LogP contribution < -0.4 is 19.6 Å². The number of fused-ring (bicyclic) bond motifs is 8. The molecule has 3 aliphatic heterocycles. The molecule has 10 rings (SSSR count). The fraction of sp³-hybridized carbons (Fsp3) is 0.190. The van der Waals surface area contributed by atoms with Gasteiger partial charge in [-0.05, 0) is 66.6 Å². The SMILES string of the molecule is Cc1ccccc1N1c2nc3ccccc3nc2N(c2ccccc2)C1C1C2(C)c3ccccc3N3C=CN(c4ccccc4)C3C12C. The van der Waals surface area contributed by atoms with Gasteiger partial charge < -0.3 is 19.6 Å². The number of aryl methyl sites for hydroxylation is 1. The Hall–Kier alpha value is -5.62. The van der Waals surface area contributed by atoms with Crippen molar-refractivity contribution in [2.75, 3.05) is 19.6 Å². The maximum atomic E-state index is 5.42. The lowest BCUT2D eigenvalue weighted by atomic mass is 9.81. The van der Waals surface area contributed by atoms with Crippen LogP contribution in [-0.4, -0.2) is 22.3 Å². The molecule has 6 aromatic rings. The molecule has 0 spiro atoms. The van der Waals surface area contributed by atoms with Gasteiger partial charge >= 0.3 is 0 Å². The standard InChI is InChI=1S/C42H36N6/c1-28-16-10-14-24-34(28)48-38-37(43-32-22-12-13-23-33(32)44-38)47(30-19-8-5-9-20-30)39(48)36-41(2)31-21-11-15-25-35(31)46-27-26-45(40(46)42(36,41)3)29-17-6-4-7-18-29/h4-27,36,39-40H,1-3H3. The molecule has 6 nitrogen and oxygen atoms in total. The van der Waals surface area contributed by atoms with E-state index in [2.05, 4.69) is 186 Å². The van der Waals surface area contributed by atoms with Gasteiger partial charge in [-0.3, -0.25) is 0 Å². The van der Waals surface area contributed by atoms with E-state index in [9.17, 15) is 0 Å². The van der Waals surface area contributed by atoms with Crippen molar-refractivity contribution in [3.8, 4) is 0 Å². The number of rotatable bonds is 4. The lowest BCUT2D eigenvalue weighted by Crippen LogP contribution is -2.51. The van der Waals surface area contributed by atoms with E-state index < -0.39 is 0 Å². The second kappa shape index (κ2) is 9.71. The van der Waals surface area contributed by atoms with Gasteiger partial charge in [0.1, 0.15) is 12.3 Å². The lowest BCUT2D eigenvalue weighted by Gasteiger charge is -2.44. The first-order valence-electron chi connectivity index (χ1n) is 16.9. The Labute approximate surface area is 281 Å². The lowest BCUT2D eigenvalue weighted by molar-refractivity contribution is 0.348. The van der Waals surface area contributed by atoms with Crippen molar-refractivity contribution in [1.82, 2.24) is 9.97 Å². The zero-order valence-electron chi connectivity index (χ0n) is 27.3. The molecule has 5 aromatic carbocycles. The second-order valence-electron chi connectivity index (χ2n) is 13.9. The molecule has 6 heteroatoms. The molecular weight excluding hydrogens is 589 g/mol. The van der Waals surface area contributed by atoms with E-state index >= 15 is 0 Å². The van der Waals surface area contributed by atoms with Gasteiger partial charge in [0.2, 0.25) is 0 Å². The number of hydrogen-bond acceptors (Lipinski definition) is 6. The zero-order chi connectivity index (χ0) is 32.2. The van der Waals surface area contributed by atoms with E-state index in [0.29, 0.717) is 0 Å². The first-order chi connectivity index (χ1) is 23.5. The molecule has 1 fully saturated rings. The summed E-state index contributed by atoms with van der Waals surface area (Å²) in [6.45, 7) is 7.24. The van der Waals surface area contributed by atoms with Crippen LogP contribution in [0, 0.1) is 18.3 Å². The van der Waals surface area contributed by atoms with Crippen LogP contribution >= 0.6 is 0 Å². The van der Waals surface area contributed by atoms with Crippen molar-refractivity contribution in [1.29, 1.82) is 0 Å². The van der Waals surface area contributed by atoms with Crippen molar-refractivity contribution < 1.29 is 0 Å². The van der Waals surface area contributed by atoms with E-state index in [1.165, 1.54) is 22.5 Å². The average Bonchev–Trinajstić information content (AvgIpc) is 3.41. The van der Waals surface area contributed by atoms with E-state index in [1.54, 1.807) is 0 Å². The molecule has 4 heterocycles. The molecule has 0 N–H and O–H groups in total. The second-order valence-corrected chi connectivity index (χ2v) is 13.9. The van der Waals surface area contributed by atoms with E-state index in [4.69, 9.17) is 9.97 Å². The minimum atomic E-state index is -0.166. The summed E-state index contributed by atoms with van der Waals surface area (Å²) in [5.74, 6) is 1.99. The predicted octanol–water partition coefficient (Wildman–Crippen LogP) is 9.29. The fourth-order valence-corrected chi connectivity index (χ4v) is 9.48. The van der Waals surface area contributed by atoms with Crippen LogP contribution in [0.1, 0.15) is 25.0 Å². The third kappa shape index (κ3) is 3.42. The van der Waals surface area contributed by atoms with Gasteiger partial charge in [-0.25, -0.2) is 9.97 Å². The predicted molar refractivity (Wildman–Crippen MR) is 195 cm³/mol. The summed E-state index contributed by atoms with van der Waals surface area (Å²) >= 11 is 0. The summed E-state index contributed by atoms with van der Waals surface area (Å²) in [6.07, 6.45) is 4.55. The van der Waals surface area contributed by atoms with Crippen LogP contribution in [0.4, 0.5) is 34.4 Å². The monoisotopic (exact) mass is 624 g/mol. The van der Waals surface area contributed by atoms with Crippen LogP contribution in [0.15, 0.2) is 146 Å². The summed E-state index contributed by atoms with van der Waals surface area (Å²) in [7, 11) is 0.